The van der Waals surface area contributed by atoms with E-state index < -0.39 is 55.1 Å². The Morgan fingerprint density at radius 3 is 2.16 bits per heavy atom. The van der Waals surface area contributed by atoms with E-state index >= 15 is 0 Å². The summed E-state index contributed by atoms with van der Waals surface area (Å²) in [5, 5.41) is 13.5. The fourth-order valence-electron chi connectivity index (χ4n) is 2.46. The van der Waals surface area contributed by atoms with Crippen LogP contribution in [0.1, 0.15) is 20.8 Å². The van der Waals surface area contributed by atoms with Gasteiger partial charge in [-0.1, -0.05) is 13.8 Å². The lowest BCUT2D eigenvalue weighted by atomic mass is 9.96. The second kappa shape index (κ2) is 9.23. The number of hydrogen-bond acceptors (Lipinski definition) is 4. The number of halogens is 4. The third-order valence-corrected chi connectivity index (χ3v) is 3.92. The van der Waals surface area contributed by atoms with Crippen molar-refractivity contribution < 1.29 is 32.7 Å². The maximum atomic E-state index is 12.9. The number of carboxylic acids is 1. The van der Waals surface area contributed by atoms with Crippen molar-refractivity contribution in [3.05, 3.63) is 0 Å². The lowest BCUT2D eigenvalue weighted by Gasteiger charge is -2.23. The van der Waals surface area contributed by atoms with E-state index in [9.17, 15) is 27.6 Å². The Balaban J connectivity index is 0.00000576. The number of nitrogens with one attached hydrogen (secondary N) is 2. The molecule has 0 bridgehead atoms. The Labute approximate surface area is 149 Å². The highest BCUT2D eigenvalue weighted by atomic mass is 35.5. The molecule has 1 aliphatic rings. The molecule has 0 aliphatic carbocycles. The highest BCUT2D eigenvalue weighted by Crippen LogP contribution is 2.38. The standard InChI is InChI=1S/C14H22F3N3O4.ClH/c1-7(2)4-18-13(24)19-11(21)8(3)20-5-9(12(22)23)10(6-20)14(15,16)17;/h7-10H,4-6H2,1-3H3,(H,22,23)(H2,18,19,21,24);1H/t8?,9-,10-;/m1./s1. The van der Waals surface area contributed by atoms with Gasteiger partial charge in [-0.2, -0.15) is 13.2 Å². The van der Waals surface area contributed by atoms with Crippen LogP contribution in [0.2, 0.25) is 0 Å². The van der Waals surface area contributed by atoms with Crippen LogP contribution >= 0.6 is 12.4 Å². The molecule has 7 nitrogen and oxygen atoms in total. The Morgan fingerprint density at radius 2 is 1.76 bits per heavy atom. The lowest BCUT2D eigenvalue weighted by molar-refractivity contribution is -0.188. The number of carbonyl (C=O) groups is 3. The molecule has 0 aromatic heterocycles. The predicted octanol–water partition coefficient (Wildman–Crippen LogP) is 1.47. The molecule has 0 radical (unpaired) electrons. The Morgan fingerprint density at radius 1 is 1.20 bits per heavy atom. The van der Waals surface area contributed by atoms with Crippen molar-refractivity contribution >= 4 is 30.3 Å². The number of carboxylic acid groups (broad SMARTS) is 1. The molecule has 11 heteroatoms. The minimum absolute atomic E-state index is 0. The predicted molar refractivity (Wildman–Crippen MR) is 85.3 cm³/mol. The average Bonchev–Trinajstić information content (AvgIpc) is 2.89. The normalized spacial score (nSPS) is 22.2. The van der Waals surface area contributed by atoms with Gasteiger partial charge in [0.15, 0.2) is 0 Å². The van der Waals surface area contributed by atoms with Gasteiger partial charge in [-0.15, -0.1) is 12.4 Å². The van der Waals surface area contributed by atoms with Crippen molar-refractivity contribution in [2.24, 2.45) is 17.8 Å². The first kappa shape index (κ1) is 23.4. The summed E-state index contributed by atoms with van der Waals surface area (Å²) >= 11 is 0. The minimum Gasteiger partial charge on any atom is -0.481 e. The van der Waals surface area contributed by atoms with Crippen LogP contribution in [-0.2, 0) is 9.59 Å². The first-order chi connectivity index (χ1) is 10.9. The maximum absolute atomic E-state index is 12.9. The SMILES string of the molecule is CC(C)CNC(=O)NC(=O)C(C)N1C[C@@H](C(F)(F)F)[C@H](C(=O)O)C1.Cl. The molecule has 0 saturated carbocycles. The zero-order valence-electron chi connectivity index (χ0n) is 14.1. The van der Waals surface area contributed by atoms with Crippen molar-refractivity contribution in [1.29, 1.82) is 0 Å². The summed E-state index contributed by atoms with van der Waals surface area (Å²) < 4.78 is 38.8. The average molecular weight is 390 g/mol. The molecular formula is C14H23ClF3N3O4. The van der Waals surface area contributed by atoms with Crippen molar-refractivity contribution in [3.8, 4) is 0 Å². The summed E-state index contributed by atoms with van der Waals surface area (Å²) in [6, 6.07) is -1.79. The van der Waals surface area contributed by atoms with Gasteiger partial charge in [0, 0.05) is 19.6 Å². The lowest BCUT2D eigenvalue weighted by Crippen LogP contribution is -2.49. The van der Waals surface area contributed by atoms with Gasteiger partial charge < -0.3 is 10.4 Å². The zero-order valence-corrected chi connectivity index (χ0v) is 14.9. The van der Waals surface area contributed by atoms with Gasteiger partial charge in [0.1, 0.15) is 0 Å². The van der Waals surface area contributed by atoms with Crippen molar-refractivity contribution in [1.82, 2.24) is 15.5 Å². The van der Waals surface area contributed by atoms with Gasteiger partial charge in [-0.3, -0.25) is 19.8 Å². The maximum Gasteiger partial charge on any atom is 0.393 e. The molecule has 3 amide bonds. The smallest absolute Gasteiger partial charge is 0.393 e. The van der Waals surface area contributed by atoms with E-state index in [-0.39, 0.29) is 18.3 Å². The second-order valence-electron chi connectivity index (χ2n) is 6.32. The van der Waals surface area contributed by atoms with Gasteiger partial charge in [0.25, 0.3) is 0 Å². The van der Waals surface area contributed by atoms with Crippen LogP contribution in [0.4, 0.5) is 18.0 Å². The van der Waals surface area contributed by atoms with E-state index in [2.05, 4.69) is 10.6 Å². The number of alkyl halides is 3. The summed E-state index contributed by atoms with van der Waals surface area (Å²) in [5.74, 6) is -5.83. The number of hydrogen-bond donors (Lipinski definition) is 3. The molecule has 1 fully saturated rings. The van der Waals surface area contributed by atoms with Crippen molar-refractivity contribution in [3.63, 3.8) is 0 Å². The molecule has 1 heterocycles. The molecule has 1 unspecified atom stereocenters. The monoisotopic (exact) mass is 389 g/mol. The molecule has 1 aliphatic heterocycles. The van der Waals surface area contributed by atoms with Crippen LogP contribution in [-0.4, -0.2) is 59.8 Å². The second-order valence-corrected chi connectivity index (χ2v) is 6.32. The molecule has 1 rings (SSSR count). The molecule has 3 N–H and O–H groups in total. The van der Waals surface area contributed by atoms with Crippen LogP contribution in [0.15, 0.2) is 0 Å². The first-order valence-electron chi connectivity index (χ1n) is 7.55. The van der Waals surface area contributed by atoms with Gasteiger partial charge in [-0.05, 0) is 12.8 Å². The van der Waals surface area contributed by atoms with Gasteiger partial charge in [0.05, 0.1) is 17.9 Å². The number of carbonyl (C=O) groups excluding carboxylic acids is 2. The van der Waals surface area contributed by atoms with Gasteiger partial charge in [0.2, 0.25) is 5.91 Å². The van der Waals surface area contributed by atoms with Crippen molar-refractivity contribution in [2.45, 2.75) is 33.0 Å². The topological polar surface area (TPSA) is 98.7 Å². The summed E-state index contributed by atoms with van der Waals surface area (Å²) in [6.45, 7) is 4.40. The van der Waals surface area contributed by atoms with Gasteiger partial charge in [-0.25, -0.2) is 4.79 Å². The van der Waals surface area contributed by atoms with Crippen LogP contribution in [0.3, 0.4) is 0 Å². The summed E-state index contributed by atoms with van der Waals surface area (Å²) in [5.41, 5.74) is 0. The molecule has 0 aromatic rings. The van der Waals surface area contributed by atoms with Crippen LogP contribution in [0.25, 0.3) is 0 Å². The molecule has 3 atom stereocenters. The Hall–Kier alpha value is -1.55. The summed E-state index contributed by atoms with van der Waals surface area (Å²) in [4.78, 5) is 35.7. The molecule has 25 heavy (non-hydrogen) atoms. The Kier molecular flexibility index (Phi) is 8.66. The molecule has 0 spiro atoms. The number of aliphatic carboxylic acids is 1. The Bertz CT molecular complexity index is 502. The third kappa shape index (κ3) is 6.69. The summed E-state index contributed by atoms with van der Waals surface area (Å²) in [6.07, 6.45) is -4.66. The van der Waals surface area contributed by atoms with E-state index in [1.54, 1.807) is 0 Å². The van der Waals surface area contributed by atoms with Gasteiger partial charge >= 0.3 is 18.2 Å². The van der Waals surface area contributed by atoms with E-state index in [1.807, 2.05) is 13.8 Å². The quantitative estimate of drug-likeness (QED) is 0.661. The zero-order chi connectivity index (χ0) is 18.7. The van der Waals surface area contributed by atoms with E-state index in [0.717, 1.165) is 4.90 Å². The molecule has 0 aromatic carbocycles. The number of amides is 3. The molecule has 1 saturated heterocycles. The van der Waals surface area contributed by atoms with E-state index in [0.29, 0.717) is 6.54 Å². The highest BCUT2D eigenvalue weighted by Gasteiger charge is 2.53. The fourth-order valence-corrected chi connectivity index (χ4v) is 2.46. The summed E-state index contributed by atoms with van der Waals surface area (Å²) in [7, 11) is 0. The highest BCUT2D eigenvalue weighted by molar-refractivity contribution is 5.96. The van der Waals surface area contributed by atoms with Crippen LogP contribution in [0, 0.1) is 17.8 Å². The van der Waals surface area contributed by atoms with E-state index in [1.165, 1.54) is 6.92 Å². The fraction of sp³-hybridized carbons (Fsp3) is 0.786. The number of nitrogens with zero attached hydrogens (tertiary/aromatic N) is 1. The number of likely N-dealkylation sites (tertiary alicyclic amines) is 1. The number of imide groups is 1. The molecule has 146 valence electrons. The number of rotatable bonds is 5. The number of urea groups is 1. The largest absolute Gasteiger partial charge is 0.481 e. The first-order valence-corrected chi connectivity index (χ1v) is 7.55. The third-order valence-electron chi connectivity index (χ3n) is 3.92. The minimum atomic E-state index is -4.66. The molecular weight excluding hydrogens is 367 g/mol. The van der Waals surface area contributed by atoms with E-state index in [4.69, 9.17) is 5.11 Å². The van der Waals surface area contributed by atoms with Crippen molar-refractivity contribution in [2.75, 3.05) is 19.6 Å². The van der Waals surface area contributed by atoms with Crippen LogP contribution < -0.4 is 10.6 Å². The van der Waals surface area contributed by atoms with Crippen LogP contribution in [0.5, 0.6) is 0 Å².